The van der Waals surface area contributed by atoms with Crippen molar-refractivity contribution >= 4 is 11.0 Å². The Kier molecular flexibility index (Phi) is 4.16. The standard InChI is InChI=1S/C10H11N3.C2H6/c1-7(2)9-10-8(12-6-13-9)4-3-5-11-10;1-2/h3-7H,1-2H3;1-2H3. The molecule has 15 heavy (non-hydrogen) atoms. The second kappa shape index (κ2) is 5.39. The topological polar surface area (TPSA) is 38.7 Å². The van der Waals surface area contributed by atoms with E-state index in [4.69, 9.17) is 0 Å². The van der Waals surface area contributed by atoms with Gasteiger partial charge >= 0.3 is 0 Å². The summed E-state index contributed by atoms with van der Waals surface area (Å²) in [5.41, 5.74) is 2.85. The first-order chi connectivity index (χ1) is 7.29. The predicted molar refractivity (Wildman–Crippen MR) is 62.8 cm³/mol. The van der Waals surface area contributed by atoms with E-state index in [-0.39, 0.29) is 0 Å². The molecule has 3 nitrogen and oxygen atoms in total. The Morgan fingerprint density at radius 2 is 1.80 bits per heavy atom. The van der Waals surface area contributed by atoms with Gasteiger partial charge in [-0.2, -0.15) is 0 Å². The maximum Gasteiger partial charge on any atom is 0.116 e. The van der Waals surface area contributed by atoms with Crippen molar-refractivity contribution < 1.29 is 0 Å². The lowest BCUT2D eigenvalue weighted by Crippen LogP contribution is -1.96. The molecule has 80 valence electrons. The van der Waals surface area contributed by atoms with Crippen LogP contribution in [0.25, 0.3) is 11.0 Å². The lowest BCUT2D eigenvalue weighted by Gasteiger charge is -2.05. The van der Waals surface area contributed by atoms with Crippen LogP contribution in [0.15, 0.2) is 24.7 Å². The Morgan fingerprint density at radius 3 is 2.47 bits per heavy atom. The summed E-state index contributed by atoms with van der Waals surface area (Å²) in [7, 11) is 0. The van der Waals surface area contributed by atoms with Crippen LogP contribution in [-0.4, -0.2) is 15.0 Å². The van der Waals surface area contributed by atoms with E-state index in [0.717, 1.165) is 16.7 Å². The number of hydrogen-bond donors (Lipinski definition) is 0. The lowest BCUT2D eigenvalue weighted by atomic mass is 10.1. The van der Waals surface area contributed by atoms with Crippen LogP contribution < -0.4 is 0 Å². The van der Waals surface area contributed by atoms with Crippen molar-refractivity contribution in [1.29, 1.82) is 0 Å². The van der Waals surface area contributed by atoms with E-state index in [9.17, 15) is 0 Å². The van der Waals surface area contributed by atoms with Gasteiger partial charge in [-0.05, 0) is 18.1 Å². The minimum absolute atomic E-state index is 0.389. The van der Waals surface area contributed by atoms with Crippen LogP contribution in [0.3, 0.4) is 0 Å². The normalized spacial score (nSPS) is 9.93. The monoisotopic (exact) mass is 203 g/mol. The van der Waals surface area contributed by atoms with Crippen LogP contribution in [0.5, 0.6) is 0 Å². The van der Waals surface area contributed by atoms with E-state index >= 15 is 0 Å². The van der Waals surface area contributed by atoms with Crippen molar-refractivity contribution in [1.82, 2.24) is 15.0 Å². The highest BCUT2D eigenvalue weighted by Crippen LogP contribution is 2.18. The Bertz CT molecular complexity index is 419. The zero-order valence-electron chi connectivity index (χ0n) is 9.73. The van der Waals surface area contributed by atoms with Gasteiger partial charge in [-0.15, -0.1) is 0 Å². The van der Waals surface area contributed by atoms with Crippen molar-refractivity contribution in [3.63, 3.8) is 0 Å². The van der Waals surface area contributed by atoms with Crippen LogP contribution in [0.4, 0.5) is 0 Å². The van der Waals surface area contributed by atoms with Gasteiger partial charge in [-0.25, -0.2) is 9.97 Å². The van der Waals surface area contributed by atoms with E-state index in [1.54, 1.807) is 12.5 Å². The van der Waals surface area contributed by atoms with Gasteiger partial charge in [0.05, 0.1) is 11.2 Å². The molecule has 2 aromatic rings. The molecule has 0 aliphatic carbocycles. The summed E-state index contributed by atoms with van der Waals surface area (Å²) < 4.78 is 0. The summed E-state index contributed by atoms with van der Waals surface area (Å²) in [5.74, 6) is 0.389. The van der Waals surface area contributed by atoms with Crippen LogP contribution in [0, 0.1) is 0 Å². The molecule has 2 heterocycles. The summed E-state index contributed by atoms with van der Waals surface area (Å²) in [6.45, 7) is 8.22. The summed E-state index contributed by atoms with van der Waals surface area (Å²) in [6, 6.07) is 3.84. The molecule has 0 amide bonds. The first kappa shape index (κ1) is 11.6. The molecule has 0 fully saturated rings. The average Bonchev–Trinajstić information content (AvgIpc) is 2.31. The van der Waals surface area contributed by atoms with E-state index < -0.39 is 0 Å². The molecule has 0 radical (unpaired) electrons. The fourth-order valence-corrected chi connectivity index (χ4v) is 1.34. The molecule has 0 atom stereocenters. The van der Waals surface area contributed by atoms with Gasteiger partial charge in [0.1, 0.15) is 11.8 Å². The van der Waals surface area contributed by atoms with Crippen LogP contribution in [0.2, 0.25) is 0 Å². The first-order valence-electron chi connectivity index (χ1n) is 5.34. The largest absolute Gasteiger partial charge is 0.253 e. The van der Waals surface area contributed by atoms with Gasteiger partial charge in [0.25, 0.3) is 0 Å². The molecule has 0 N–H and O–H groups in total. The SMILES string of the molecule is CC.CC(C)c1ncnc2cccnc12. The molecule has 2 rings (SSSR count). The first-order valence-corrected chi connectivity index (χ1v) is 5.34. The maximum atomic E-state index is 4.28. The summed E-state index contributed by atoms with van der Waals surface area (Å²) in [4.78, 5) is 12.7. The predicted octanol–water partition coefficient (Wildman–Crippen LogP) is 3.17. The van der Waals surface area contributed by atoms with Crippen LogP contribution in [-0.2, 0) is 0 Å². The van der Waals surface area contributed by atoms with E-state index in [1.807, 2.05) is 26.0 Å². The Labute approximate surface area is 90.6 Å². The third kappa shape index (κ3) is 2.49. The quantitative estimate of drug-likeness (QED) is 0.714. The molecule has 0 aromatic carbocycles. The van der Waals surface area contributed by atoms with Gasteiger partial charge in [-0.1, -0.05) is 27.7 Å². The molecule has 0 aliphatic rings. The average molecular weight is 203 g/mol. The minimum atomic E-state index is 0.389. The molecular formula is C12H17N3. The second-order valence-electron chi connectivity index (χ2n) is 3.28. The van der Waals surface area contributed by atoms with E-state index in [2.05, 4.69) is 28.8 Å². The third-order valence-electron chi connectivity index (χ3n) is 1.97. The molecule has 0 bridgehead atoms. The molecule has 2 aromatic heterocycles. The molecule has 0 saturated heterocycles. The molecule has 0 spiro atoms. The molecule has 3 heteroatoms. The Hall–Kier alpha value is -1.51. The smallest absolute Gasteiger partial charge is 0.116 e. The molecular weight excluding hydrogens is 186 g/mol. The summed E-state index contributed by atoms with van der Waals surface area (Å²) in [5, 5.41) is 0. The Morgan fingerprint density at radius 1 is 1.07 bits per heavy atom. The number of pyridine rings is 1. The van der Waals surface area contributed by atoms with Gasteiger partial charge in [0, 0.05) is 6.20 Å². The highest BCUT2D eigenvalue weighted by atomic mass is 14.9. The minimum Gasteiger partial charge on any atom is -0.253 e. The van der Waals surface area contributed by atoms with Crippen LogP contribution in [0.1, 0.15) is 39.3 Å². The summed E-state index contributed by atoms with van der Waals surface area (Å²) in [6.07, 6.45) is 3.37. The van der Waals surface area contributed by atoms with Gasteiger partial charge in [0.15, 0.2) is 0 Å². The van der Waals surface area contributed by atoms with Gasteiger partial charge < -0.3 is 0 Å². The van der Waals surface area contributed by atoms with Crippen molar-refractivity contribution in [2.45, 2.75) is 33.6 Å². The van der Waals surface area contributed by atoms with Crippen molar-refractivity contribution in [3.05, 3.63) is 30.4 Å². The molecule has 0 aliphatic heterocycles. The van der Waals surface area contributed by atoms with Crippen molar-refractivity contribution in [2.24, 2.45) is 0 Å². The number of aromatic nitrogens is 3. The van der Waals surface area contributed by atoms with Crippen molar-refractivity contribution in [3.8, 4) is 0 Å². The molecule has 0 unspecified atom stereocenters. The summed E-state index contributed by atoms with van der Waals surface area (Å²) >= 11 is 0. The zero-order valence-corrected chi connectivity index (χ0v) is 9.73. The third-order valence-corrected chi connectivity index (χ3v) is 1.97. The van der Waals surface area contributed by atoms with Crippen molar-refractivity contribution in [2.75, 3.05) is 0 Å². The number of hydrogen-bond acceptors (Lipinski definition) is 3. The van der Waals surface area contributed by atoms with E-state index in [1.165, 1.54) is 0 Å². The maximum absolute atomic E-state index is 4.28. The van der Waals surface area contributed by atoms with Crippen LogP contribution >= 0.6 is 0 Å². The fourth-order valence-electron chi connectivity index (χ4n) is 1.34. The molecule has 0 saturated carbocycles. The zero-order chi connectivity index (χ0) is 11.3. The Balaban J connectivity index is 0.000000531. The highest BCUT2D eigenvalue weighted by Gasteiger charge is 2.06. The van der Waals surface area contributed by atoms with Gasteiger partial charge in [-0.3, -0.25) is 4.98 Å². The number of fused-ring (bicyclic) bond motifs is 1. The fraction of sp³-hybridized carbons (Fsp3) is 0.417. The second-order valence-corrected chi connectivity index (χ2v) is 3.28. The van der Waals surface area contributed by atoms with Gasteiger partial charge in [0.2, 0.25) is 0 Å². The lowest BCUT2D eigenvalue weighted by molar-refractivity contribution is 0.824. The number of rotatable bonds is 1. The highest BCUT2D eigenvalue weighted by molar-refractivity contribution is 5.76. The van der Waals surface area contributed by atoms with E-state index in [0.29, 0.717) is 5.92 Å². The number of nitrogens with zero attached hydrogens (tertiary/aromatic N) is 3.